The summed E-state index contributed by atoms with van der Waals surface area (Å²) in [6, 6.07) is 0.522. The number of hydrogen-bond acceptors (Lipinski definition) is 3. The van der Waals surface area contributed by atoms with Crippen LogP contribution in [0.2, 0.25) is 0 Å². The lowest BCUT2D eigenvalue weighted by Crippen LogP contribution is -2.44. The second kappa shape index (κ2) is 8.37. The quantitative estimate of drug-likeness (QED) is 0.376. The van der Waals surface area contributed by atoms with Gasteiger partial charge in [-0.05, 0) is 19.3 Å². The molecule has 6 nitrogen and oxygen atoms in total. The number of sulfonamides is 1. The maximum atomic E-state index is 10.9. The summed E-state index contributed by atoms with van der Waals surface area (Å²) >= 11 is 0. The van der Waals surface area contributed by atoms with Gasteiger partial charge < -0.3 is 10.6 Å². The van der Waals surface area contributed by atoms with Crippen molar-refractivity contribution in [2.24, 2.45) is 4.99 Å². The molecule has 1 rings (SSSR count). The summed E-state index contributed by atoms with van der Waals surface area (Å²) in [7, 11) is -1.32. The van der Waals surface area contributed by atoms with Gasteiger partial charge in [0.2, 0.25) is 10.0 Å². The lowest BCUT2D eigenvalue weighted by Gasteiger charge is -2.24. The maximum absolute atomic E-state index is 10.9. The Bertz CT molecular complexity index is 375. The van der Waals surface area contributed by atoms with Gasteiger partial charge in [-0.25, -0.2) is 13.1 Å². The Morgan fingerprint density at radius 3 is 2.47 bits per heavy atom. The average Bonchev–Trinajstić information content (AvgIpc) is 2.37. The molecule has 0 spiro atoms. The molecule has 0 atom stereocenters. The molecule has 1 aliphatic carbocycles. The lowest BCUT2D eigenvalue weighted by molar-refractivity contribution is 0.410. The van der Waals surface area contributed by atoms with Crippen LogP contribution in [-0.4, -0.2) is 46.8 Å². The van der Waals surface area contributed by atoms with E-state index in [2.05, 4.69) is 20.3 Å². The Morgan fingerprint density at radius 1 is 1.21 bits per heavy atom. The summed E-state index contributed by atoms with van der Waals surface area (Å²) in [4.78, 5) is 4.18. The van der Waals surface area contributed by atoms with Crippen LogP contribution in [-0.2, 0) is 10.0 Å². The molecule has 1 aliphatic rings. The smallest absolute Gasteiger partial charge is 0.208 e. The van der Waals surface area contributed by atoms with Crippen molar-refractivity contribution < 1.29 is 8.42 Å². The minimum atomic E-state index is -3.08. The summed E-state index contributed by atoms with van der Waals surface area (Å²) in [5.74, 6) is 0.811. The van der Waals surface area contributed by atoms with Crippen molar-refractivity contribution in [2.75, 3.05) is 26.4 Å². The van der Waals surface area contributed by atoms with E-state index in [1.807, 2.05) is 0 Å². The van der Waals surface area contributed by atoms with E-state index in [4.69, 9.17) is 0 Å². The van der Waals surface area contributed by atoms with Gasteiger partial charge in [0.1, 0.15) is 0 Å². The molecule has 112 valence electrons. The van der Waals surface area contributed by atoms with Crippen LogP contribution in [0.3, 0.4) is 0 Å². The summed E-state index contributed by atoms with van der Waals surface area (Å²) in [6.45, 7) is 1.15. The van der Waals surface area contributed by atoms with Gasteiger partial charge in [-0.15, -0.1) is 0 Å². The fraction of sp³-hybridized carbons (Fsp3) is 0.917. The van der Waals surface area contributed by atoms with Gasteiger partial charge in [0.05, 0.1) is 6.26 Å². The van der Waals surface area contributed by atoms with Gasteiger partial charge >= 0.3 is 0 Å². The van der Waals surface area contributed by atoms with E-state index in [0.29, 0.717) is 19.1 Å². The molecule has 0 aromatic rings. The van der Waals surface area contributed by atoms with E-state index >= 15 is 0 Å². The van der Waals surface area contributed by atoms with E-state index in [1.54, 1.807) is 7.05 Å². The number of rotatable bonds is 6. The van der Waals surface area contributed by atoms with Crippen LogP contribution in [0.4, 0.5) is 0 Å². The molecular weight excluding hydrogens is 264 g/mol. The Hall–Kier alpha value is -0.820. The third-order valence-electron chi connectivity index (χ3n) is 3.18. The van der Waals surface area contributed by atoms with Gasteiger partial charge in [0, 0.05) is 26.2 Å². The van der Waals surface area contributed by atoms with Crippen LogP contribution < -0.4 is 15.4 Å². The number of hydrogen-bond donors (Lipinski definition) is 3. The molecular formula is C12H26N4O2S. The van der Waals surface area contributed by atoms with E-state index in [0.717, 1.165) is 12.4 Å². The molecule has 0 radical (unpaired) electrons. The van der Waals surface area contributed by atoms with Crippen LogP contribution in [0.1, 0.15) is 38.5 Å². The molecule has 1 fully saturated rings. The van der Waals surface area contributed by atoms with Crippen LogP contribution in [0.15, 0.2) is 4.99 Å². The highest BCUT2D eigenvalue weighted by molar-refractivity contribution is 7.88. The summed E-state index contributed by atoms with van der Waals surface area (Å²) in [6.07, 6.45) is 8.22. The normalized spacial score (nSPS) is 18.3. The van der Waals surface area contributed by atoms with Crippen molar-refractivity contribution in [1.82, 2.24) is 15.4 Å². The average molecular weight is 290 g/mol. The molecule has 0 heterocycles. The summed E-state index contributed by atoms with van der Waals surface area (Å²) in [5, 5.41) is 6.62. The molecule has 19 heavy (non-hydrogen) atoms. The van der Waals surface area contributed by atoms with Crippen LogP contribution >= 0.6 is 0 Å². The zero-order valence-electron chi connectivity index (χ0n) is 11.9. The Kier molecular flexibility index (Phi) is 7.15. The zero-order valence-corrected chi connectivity index (χ0v) is 12.7. The van der Waals surface area contributed by atoms with Gasteiger partial charge in [0.15, 0.2) is 5.96 Å². The molecule has 3 N–H and O–H groups in total. The Labute approximate surface area is 116 Å². The van der Waals surface area contributed by atoms with Gasteiger partial charge in [-0.3, -0.25) is 4.99 Å². The van der Waals surface area contributed by atoms with Crippen molar-refractivity contribution in [2.45, 2.75) is 44.6 Å². The van der Waals surface area contributed by atoms with Crippen molar-refractivity contribution in [3.8, 4) is 0 Å². The zero-order chi connectivity index (χ0) is 14.1. The monoisotopic (exact) mass is 290 g/mol. The minimum absolute atomic E-state index is 0.451. The number of nitrogens with one attached hydrogen (secondary N) is 3. The highest BCUT2D eigenvalue weighted by Crippen LogP contribution is 2.17. The number of nitrogens with zero attached hydrogens (tertiary/aromatic N) is 1. The standard InChI is InChI=1S/C12H26N4O2S/c1-13-12(16-11-7-4-3-5-8-11)14-9-6-10-15-19(2,17)18/h11,15H,3-10H2,1-2H3,(H2,13,14,16). The van der Waals surface area contributed by atoms with Crippen molar-refractivity contribution in [3.05, 3.63) is 0 Å². The van der Waals surface area contributed by atoms with E-state index in [9.17, 15) is 8.42 Å². The topological polar surface area (TPSA) is 82.6 Å². The predicted octanol–water partition coefficient (Wildman–Crippen LogP) is 0.423. The van der Waals surface area contributed by atoms with Gasteiger partial charge in [0.25, 0.3) is 0 Å². The van der Waals surface area contributed by atoms with E-state index < -0.39 is 10.0 Å². The largest absolute Gasteiger partial charge is 0.356 e. The number of aliphatic imine (C=N–C) groups is 1. The second-order valence-corrected chi connectivity index (χ2v) is 6.83. The van der Waals surface area contributed by atoms with Gasteiger partial charge in [-0.1, -0.05) is 19.3 Å². The first-order valence-electron chi connectivity index (χ1n) is 6.93. The molecule has 0 aromatic carbocycles. The fourth-order valence-electron chi connectivity index (χ4n) is 2.19. The van der Waals surface area contributed by atoms with Crippen molar-refractivity contribution in [3.63, 3.8) is 0 Å². The maximum Gasteiger partial charge on any atom is 0.208 e. The molecule has 1 saturated carbocycles. The Balaban J connectivity index is 2.15. The highest BCUT2D eigenvalue weighted by atomic mass is 32.2. The lowest BCUT2D eigenvalue weighted by atomic mass is 9.96. The van der Waals surface area contributed by atoms with E-state index in [1.165, 1.54) is 38.4 Å². The highest BCUT2D eigenvalue weighted by Gasteiger charge is 2.14. The fourth-order valence-corrected chi connectivity index (χ4v) is 2.70. The summed E-state index contributed by atoms with van der Waals surface area (Å²) < 4.78 is 24.2. The molecule has 0 aromatic heterocycles. The van der Waals surface area contributed by atoms with E-state index in [-0.39, 0.29) is 0 Å². The molecule has 0 bridgehead atoms. The Morgan fingerprint density at radius 2 is 1.89 bits per heavy atom. The second-order valence-electron chi connectivity index (χ2n) is 5.00. The molecule has 0 aliphatic heterocycles. The minimum Gasteiger partial charge on any atom is -0.356 e. The first-order valence-corrected chi connectivity index (χ1v) is 8.82. The predicted molar refractivity (Wildman–Crippen MR) is 78.8 cm³/mol. The van der Waals surface area contributed by atoms with Crippen LogP contribution in [0, 0.1) is 0 Å². The third kappa shape index (κ3) is 8.05. The van der Waals surface area contributed by atoms with Crippen LogP contribution in [0.5, 0.6) is 0 Å². The molecule has 0 amide bonds. The van der Waals surface area contributed by atoms with Crippen molar-refractivity contribution >= 4 is 16.0 Å². The van der Waals surface area contributed by atoms with Crippen molar-refractivity contribution in [1.29, 1.82) is 0 Å². The third-order valence-corrected chi connectivity index (χ3v) is 3.91. The first-order chi connectivity index (χ1) is 9.01. The molecule has 0 unspecified atom stereocenters. The molecule has 0 saturated heterocycles. The van der Waals surface area contributed by atoms with Gasteiger partial charge in [-0.2, -0.15) is 0 Å². The number of guanidine groups is 1. The van der Waals surface area contributed by atoms with Crippen LogP contribution in [0.25, 0.3) is 0 Å². The first kappa shape index (κ1) is 16.2. The molecule has 7 heteroatoms. The SMILES string of the molecule is CN=C(NCCCNS(C)(=O)=O)NC1CCCCC1. The summed E-state index contributed by atoms with van der Waals surface area (Å²) in [5.41, 5.74) is 0.